The van der Waals surface area contributed by atoms with Crippen LogP contribution in [0.1, 0.15) is 44.6 Å². The Hall–Kier alpha value is -0.870. The summed E-state index contributed by atoms with van der Waals surface area (Å²) in [6.07, 6.45) is 1.14. The second-order valence-corrected chi connectivity index (χ2v) is 4.26. The van der Waals surface area contributed by atoms with E-state index in [2.05, 4.69) is 36.6 Å². The van der Waals surface area contributed by atoms with Crippen molar-refractivity contribution in [1.82, 2.24) is 15.8 Å². The van der Waals surface area contributed by atoms with E-state index in [0.29, 0.717) is 5.92 Å². The molecule has 0 saturated carbocycles. The molecule has 0 aliphatic heterocycles. The summed E-state index contributed by atoms with van der Waals surface area (Å²) in [7, 11) is 0. The molecule has 92 valence electrons. The quantitative estimate of drug-likeness (QED) is 0.663. The summed E-state index contributed by atoms with van der Waals surface area (Å²) in [6, 6.07) is 2.03. The van der Waals surface area contributed by atoms with Crippen LogP contribution in [0.25, 0.3) is 0 Å². The van der Waals surface area contributed by atoms with Gasteiger partial charge < -0.3 is 15.2 Å². The standard InChI is InChI=1S/C12H23N3O/c1-4-13-6-5-7-14-9-11-8-12(10(2)3)16-15-11/h8,10,13-14H,4-7,9H2,1-3H3. The maximum absolute atomic E-state index is 5.22. The molecule has 0 amide bonds. The van der Waals surface area contributed by atoms with E-state index in [4.69, 9.17) is 4.52 Å². The van der Waals surface area contributed by atoms with E-state index < -0.39 is 0 Å². The van der Waals surface area contributed by atoms with E-state index in [-0.39, 0.29) is 0 Å². The third-order valence-electron chi connectivity index (χ3n) is 2.41. The van der Waals surface area contributed by atoms with Gasteiger partial charge in [-0.2, -0.15) is 0 Å². The SMILES string of the molecule is CCNCCCNCc1cc(C(C)C)on1. The summed E-state index contributed by atoms with van der Waals surface area (Å²) >= 11 is 0. The van der Waals surface area contributed by atoms with Crippen LogP contribution in [0.3, 0.4) is 0 Å². The monoisotopic (exact) mass is 225 g/mol. The van der Waals surface area contributed by atoms with Crippen molar-refractivity contribution in [2.45, 2.75) is 39.7 Å². The molecule has 4 heteroatoms. The van der Waals surface area contributed by atoms with Crippen LogP contribution in [-0.2, 0) is 6.54 Å². The van der Waals surface area contributed by atoms with Crippen LogP contribution < -0.4 is 10.6 Å². The molecule has 0 saturated heterocycles. The van der Waals surface area contributed by atoms with E-state index in [1.165, 1.54) is 0 Å². The molecule has 1 aromatic heterocycles. The van der Waals surface area contributed by atoms with Crippen LogP contribution in [0.4, 0.5) is 0 Å². The molecule has 0 bridgehead atoms. The highest BCUT2D eigenvalue weighted by Gasteiger charge is 2.06. The second kappa shape index (κ2) is 7.41. The highest BCUT2D eigenvalue weighted by Crippen LogP contribution is 2.14. The van der Waals surface area contributed by atoms with Crippen LogP contribution in [-0.4, -0.2) is 24.8 Å². The fraction of sp³-hybridized carbons (Fsp3) is 0.750. The van der Waals surface area contributed by atoms with Gasteiger partial charge in [0, 0.05) is 18.5 Å². The van der Waals surface area contributed by atoms with Crippen molar-refractivity contribution >= 4 is 0 Å². The van der Waals surface area contributed by atoms with E-state index >= 15 is 0 Å². The Kier molecular flexibility index (Phi) is 6.11. The summed E-state index contributed by atoms with van der Waals surface area (Å²) in [5, 5.41) is 10.7. The first-order chi connectivity index (χ1) is 7.74. The number of aromatic nitrogens is 1. The molecule has 1 rings (SSSR count). The molecule has 1 aromatic rings. The van der Waals surface area contributed by atoms with Crippen molar-refractivity contribution in [1.29, 1.82) is 0 Å². The van der Waals surface area contributed by atoms with E-state index in [0.717, 1.165) is 44.1 Å². The average Bonchev–Trinajstić information content (AvgIpc) is 2.72. The first kappa shape index (κ1) is 13.2. The molecule has 0 aliphatic rings. The molecule has 0 aromatic carbocycles. The van der Waals surface area contributed by atoms with Crippen LogP contribution in [0, 0.1) is 0 Å². The Balaban J connectivity index is 2.12. The smallest absolute Gasteiger partial charge is 0.139 e. The van der Waals surface area contributed by atoms with Crippen molar-refractivity contribution in [3.63, 3.8) is 0 Å². The first-order valence-electron chi connectivity index (χ1n) is 6.11. The largest absolute Gasteiger partial charge is 0.361 e. The normalized spacial score (nSPS) is 11.2. The lowest BCUT2D eigenvalue weighted by Crippen LogP contribution is -2.21. The van der Waals surface area contributed by atoms with Crippen molar-refractivity contribution in [3.05, 3.63) is 17.5 Å². The Bertz CT molecular complexity index is 284. The van der Waals surface area contributed by atoms with Crippen LogP contribution >= 0.6 is 0 Å². The Morgan fingerprint density at radius 3 is 2.69 bits per heavy atom. The zero-order valence-electron chi connectivity index (χ0n) is 10.5. The molecule has 1 heterocycles. The molecular formula is C12H23N3O. The van der Waals surface area contributed by atoms with Gasteiger partial charge in [-0.1, -0.05) is 25.9 Å². The minimum absolute atomic E-state index is 0.412. The van der Waals surface area contributed by atoms with E-state index in [9.17, 15) is 0 Å². The number of nitrogens with zero attached hydrogens (tertiary/aromatic N) is 1. The molecule has 16 heavy (non-hydrogen) atoms. The van der Waals surface area contributed by atoms with Crippen LogP contribution in [0.2, 0.25) is 0 Å². The summed E-state index contributed by atoms with van der Waals surface area (Å²) in [6.45, 7) is 10.2. The van der Waals surface area contributed by atoms with Gasteiger partial charge in [0.25, 0.3) is 0 Å². The van der Waals surface area contributed by atoms with Gasteiger partial charge in [-0.3, -0.25) is 0 Å². The Labute approximate surface area is 97.8 Å². The lowest BCUT2D eigenvalue weighted by molar-refractivity contribution is 0.364. The molecule has 0 radical (unpaired) electrons. The van der Waals surface area contributed by atoms with Gasteiger partial charge in [-0.05, 0) is 26.1 Å². The topological polar surface area (TPSA) is 50.1 Å². The summed E-state index contributed by atoms with van der Waals surface area (Å²) in [5.74, 6) is 1.37. The number of rotatable bonds is 8. The van der Waals surface area contributed by atoms with Crippen LogP contribution in [0.15, 0.2) is 10.6 Å². The van der Waals surface area contributed by atoms with Crippen LogP contribution in [0.5, 0.6) is 0 Å². The molecule has 0 fully saturated rings. The van der Waals surface area contributed by atoms with E-state index in [1.807, 2.05) is 6.07 Å². The van der Waals surface area contributed by atoms with Crippen molar-refractivity contribution in [3.8, 4) is 0 Å². The minimum Gasteiger partial charge on any atom is -0.361 e. The summed E-state index contributed by atoms with van der Waals surface area (Å²) in [5.41, 5.74) is 0.993. The van der Waals surface area contributed by atoms with Gasteiger partial charge >= 0.3 is 0 Å². The van der Waals surface area contributed by atoms with Crippen molar-refractivity contribution < 1.29 is 4.52 Å². The Morgan fingerprint density at radius 1 is 1.31 bits per heavy atom. The molecule has 0 spiro atoms. The van der Waals surface area contributed by atoms with Gasteiger partial charge in [0.1, 0.15) is 5.76 Å². The lowest BCUT2D eigenvalue weighted by Gasteiger charge is -2.02. The molecule has 0 atom stereocenters. The Morgan fingerprint density at radius 2 is 2.06 bits per heavy atom. The summed E-state index contributed by atoms with van der Waals surface area (Å²) < 4.78 is 5.22. The van der Waals surface area contributed by atoms with Gasteiger partial charge in [0.05, 0.1) is 5.69 Å². The predicted molar refractivity (Wildman–Crippen MR) is 65.5 cm³/mol. The van der Waals surface area contributed by atoms with Gasteiger partial charge in [-0.25, -0.2) is 0 Å². The fourth-order valence-corrected chi connectivity index (χ4v) is 1.42. The summed E-state index contributed by atoms with van der Waals surface area (Å²) in [4.78, 5) is 0. The third-order valence-corrected chi connectivity index (χ3v) is 2.41. The zero-order valence-corrected chi connectivity index (χ0v) is 10.5. The van der Waals surface area contributed by atoms with Gasteiger partial charge in [0.15, 0.2) is 0 Å². The highest BCUT2D eigenvalue weighted by molar-refractivity contribution is 5.08. The lowest BCUT2D eigenvalue weighted by atomic mass is 10.1. The molecule has 0 unspecified atom stereocenters. The number of hydrogen-bond donors (Lipinski definition) is 2. The zero-order chi connectivity index (χ0) is 11.8. The average molecular weight is 225 g/mol. The number of nitrogens with one attached hydrogen (secondary N) is 2. The van der Waals surface area contributed by atoms with Crippen molar-refractivity contribution in [2.75, 3.05) is 19.6 Å². The first-order valence-corrected chi connectivity index (χ1v) is 6.11. The molecule has 0 aliphatic carbocycles. The third kappa shape index (κ3) is 4.77. The van der Waals surface area contributed by atoms with Gasteiger partial charge in [-0.15, -0.1) is 0 Å². The van der Waals surface area contributed by atoms with E-state index in [1.54, 1.807) is 0 Å². The molecular weight excluding hydrogens is 202 g/mol. The highest BCUT2D eigenvalue weighted by atomic mass is 16.5. The second-order valence-electron chi connectivity index (χ2n) is 4.26. The fourth-order valence-electron chi connectivity index (χ4n) is 1.42. The molecule has 2 N–H and O–H groups in total. The number of hydrogen-bond acceptors (Lipinski definition) is 4. The predicted octanol–water partition coefficient (Wildman–Crippen LogP) is 1.89. The molecule has 4 nitrogen and oxygen atoms in total. The maximum Gasteiger partial charge on any atom is 0.139 e. The van der Waals surface area contributed by atoms with Gasteiger partial charge in [0.2, 0.25) is 0 Å². The van der Waals surface area contributed by atoms with Crippen molar-refractivity contribution in [2.24, 2.45) is 0 Å². The maximum atomic E-state index is 5.22. The minimum atomic E-state index is 0.412.